The Hall–Kier alpha value is -0.590. The molecule has 0 aromatic carbocycles. The van der Waals surface area contributed by atoms with Crippen LogP contribution in [0.25, 0.3) is 0 Å². The summed E-state index contributed by atoms with van der Waals surface area (Å²) >= 11 is 0. The maximum Gasteiger partial charge on any atom is 0.139 e. The van der Waals surface area contributed by atoms with Crippen molar-refractivity contribution in [1.82, 2.24) is 0 Å². The van der Waals surface area contributed by atoms with Gasteiger partial charge in [-0.05, 0) is 38.5 Å². The molecule has 0 unspecified atom stereocenters. The first-order valence-electron chi connectivity index (χ1n) is 6.64. The summed E-state index contributed by atoms with van der Waals surface area (Å²) in [7, 11) is 0. The standard InChI is InChI=1S/C15H26O/c1-12(2)7-8-14(16)15(11-13(3)4)9-5-6-10-15/h13H,1,5-11H2,2-4H3. The molecule has 92 valence electrons. The normalized spacial score (nSPS) is 19.0. The van der Waals surface area contributed by atoms with Crippen LogP contribution in [0.4, 0.5) is 0 Å². The zero-order chi connectivity index (χ0) is 12.2. The van der Waals surface area contributed by atoms with Crippen LogP contribution in [-0.4, -0.2) is 5.78 Å². The van der Waals surface area contributed by atoms with Crippen LogP contribution in [-0.2, 0) is 4.79 Å². The molecule has 0 aromatic heterocycles. The summed E-state index contributed by atoms with van der Waals surface area (Å²) < 4.78 is 0. The fourth-order valence-electron chi connectivity index (χ4n) is 3.02. The number of Topliss-reactive ketones (excluding diaryl/α,β-unsaturated/α-hetero) is 1. The van der Waals surface area contributed by atoms with Crippen LogP contribution in [0.15, 0.2) is 12.2 Å². The average molecular weight is 222 g/mol. The van der Waals surface area contributed by atoms with E-state index in [2.05, 4.69) is 20.4 Å². The topological polar surface area (TPSA) is 17.1 Å². The van der Waals surface area contributed by atoms with E-state index in [9.17, 15) is 4.79 Å². The molecule has 0 aromatic rings. The smallest absolute Gasteiger partial charge is 0.139 e. The molecule has 0 N–H and O–H groups in total. The van der Waals surface area contributed by atoms with Gasteiger partial charge in [-0.2, -0.15) is 0 Å². The maximum atomic E-state index is 12.4. The summed E-state index contributed by atoms with van der Waals surface area (Å²) in [5, 5.41) is 0. The van der Waals surface area contributed by atoms with Crippen molar-refractivity contribution >= 4 is 5.78 Å². The fourth-order valence-corrected chi connectivity index (χ4v) is 3.02. The van der Waals surface area contributed by atoms with Gasteiger partial charge in [0.1, 0.15) is 5.78 Å². The van der Waals surface area contributed by atoms with Gasteiger partial charge in [-0.15, -0.1) is 6.58 Å². The minimum absolute atomic E-state index is 0.0314. The number of rotatable bonds is 6. The van der Waals surface area contributed by atoms with Crippen molar-refractivity contribution < 1.29 is 4.79 Å². The molecule has 1 rings (SSSR count). The lowest BCUT2D eigenvalue weighted by Gasteiger charge is -2.29. The lowest BCUT2D eigenvalue weighted by molar-refractivity contribution is -0.129. The molecule has 0 amide bonds. The molecule has 1 fully saturated rings. The quantitative estimate of drug-likeness (QED) is 0.604. The van der Waals surface area contributed by atoms with Crippen LogP contribution in [0.2, 0.25) is 0 Å². The molecule has 1 aliphatic rings. The Morgan fingerprint density at radius 3 is 2.25 bits per heavy atom. The van der Waals surface area contributed by atoms with E-state index in [4.69, 9.17) is 0 Å². The Labute approximate surface area is 100 Å². The zero-order valence-electron chi connectivity index (χ0n) is 11.1. The molecule has 1 saturated carbocycles. The van der Waals surface area contributed by atoms with Gasteiger partial charge < -0.3 is 0 Å². The number of hydrogen-bond donors (Lipinski definition) is 0. The highest BCUT2D eigenvalue weighted by Crippen LogP contribution is 2.44. The highest BCUT2D eigenvalue weighted by atomic mass is 16.1. The molecule has 0 aliphatic heterocycles. The van der Waals surface area contributed by atoms with Gasteiger partial charge in [-0.25, -0.2) is 0 Å². The second-order valence-electron chi connectivity index (χ2n) is 5.97. The molecule has 0 atom stereocenters. The van der Waals surface area contributed by atoms with Crippen LogP contribution in [0, 0.1) is 11.3 Å². The first-order chi connectivity index (χ1) is 7.46. The van der Waals surface area contributed by atoms with Gasteiger partial charge in [-0.1, -0.05) is 32.3 Å². The lowest BCUT2D eigenvalue weighted by atomic mass is 9.73. The SMILES string of the molecule is C=C(C)CCC(=O)C1(CC(C)C)CCCC1. The average Bonchev–Trinajstić information content (AvgIpc) is 2.62. The first kappa shape index (κ1) is 13.5. The molecule has 1 heteroatoms. The predicted molar refractivity (Wildman–Crippen MR) is 69.4 cm³/mol. The summed E-state index contributed by atoms with van der Waals surface area (Å²) in [5.74, 6) is 1.13. The van der Waals surface area contributed by atoms with Crippen LogP contribution in [0.3, 0.4) is 0 Å². The summed E-state index contributed by atoms with van der Waals surface area (Å²) in [4.78, 5) is 12.4. The second kappa shape index (κ2) is 5.65. The van der Waals surface area contributed by atoms with Gasteiger partial charge in [0.05, 0.1) is 0 Å². The van der Waals surface area contributed by atoms with E-state index in [1.165, 1.54) is 12.8 Å². The Kier molecular flexibility index (Phi) is 4.76. The molecular formula is C15H26O. The maximum absolute atomic E-state index is 12.4. The number of hydrogen-bond acceptors (Lipinski definition) is 1. The third-order valence-electron chi connectivity index (χ3n) is 3.73. The van der Waals surface area contributed by atoms with E-state index < -0.39 is 0 Å². The van der Waals surface area contributed by atoms with Crippen molar-refractivity contribution in [3.8, 4) is 0 Å². The Bertz CT molecular complexity index is 257. The van der Waals surface area contributed by atoms with Crippen molar-refractivity contribution in [2.45, 2.75) is 65.7 Å². The van der Waals surface area contributed by atoms with Crippen molar-refractivity contribution in [1.29, 1.82) is 0 Å². The minimum atomic E-state index is 0.0314. The molecule has 0 bridgehead atoms. The molecule has 1 nitrogen and oxygen atoms in total. The summed E-state index contributed by atoms with van der Waals surface area (Å²) in [5.41, 5.74) is 1.16. The van der Waals surface area contributed by atoms with Crippen LogP contribution in [0.1, 0.15) is 65.7 Å². The Morgan fingerprint density at radius 2 is 1.81 bits per heavy atom. The van der Waals surface area contributed by atoms with Crippen molar-refractivity contribution in [2.24, 2.45) is 11.3 Å². The largest absolute Gasteiger partial charge is 0.299 e. The molecule has 0 saturated heterocycles. The van der Waals surface area contributed by atoms with Crippen molar-refractivity contribution in [3.05, 3.63) is 12.2 Å². The highest BCUT2D eigenvalue weighted by Gasteiger charge is 2.40. The number of carbonyl (C=O) groups excluding carboxylic acids is 1. The second-order valence-corrected chi connectivity index (χ2v) is 5.97. The van der Waals surface area contributed by atoms with E-state index in [0.29, 0.717) is 18.1 Å². The first-order valence-corrected chi connectivity index (χ1v) is 6.64. The molecular weight excluding hydrogens is 196 g/mol. The highest BCUT2D eigenvalue weighted by molar-refractivity contribution is 5.85. The molecule has 1 aliphatic carbocycles. The van der Waals surface area contributed by atoms with Gasteiger partial charge in [-0.3, -0.25) is 4.79 Å². The van der Waals surface area contributed by atoms with Gasteiger partial charge >= 0.3 is 0 Å². The predicted octanol–water partition coefficient (Wildman–Crippen LogP) is 4.52. The number of ketones is 1. The van der Waals surface area contributed by atoms with Crippen LogP contribution < -0.4 is 0 Å². The van der Waals surface area contributed by atoms with Crippen LogP contribution >= 0.6 is 0 Å². The lowest BCUT2D eigenvalue weighted by Crippen LogP contribution is -2.29. The van der Waals surface area contributed by atoms with Gasteiger partial charge in [0.15, 0.2) is 0 Å². The fraction of sp³-hybridized carbons (Fsp3) is 0.800. The summed E-state index contributed by atoms with van der Waals surface area (Å²) in [6, 6.07) is 0. The number of allylic oxidation sites excluding steroid dienone is 1. The molecule has 0 heterocycles. The molecule has 0 radical (unpaired) electrons. The third kappa shape index (κ3) is 3.47. The minimum Gasteiger partial charge on any atom is -0.299 e. The van der Waals surface area contributed by atoms with E-state index in [1.54, 1.807) is 0 Å². The van der Waals surface area contributed by atoms with Crippen molar-refractivity contribution in [2.75, 3.05) is 0 Å². The zero-order valence-corrected chi connectivity index (χ0v) is 11.1. The molecule has 0 spiro atoms. The Morgan fingerprint density at radius 1 is 1.25 bits per heavy atom. The monoisotopic (exact) mass is 222 g/mol. The summed E-state index contributed by atoms with van der Waals surface area (Å²) in [6.45, 7) is 10.4. The van der Waals surface area contributed by atoms with Crippen LogP contribution in [0.5, 0.6) is 0 Å². The van der Waals surface area contributed by atoms with Crippen molar-refractivity contribution in [3.63, 3.8) is 0 Å². The molecule has 16 heavy (non-hydrogen) atoms. The summed E-state index contributed by atoms with van der Waals surface area (Å²) in [6.07, 6.45) is 7.40. The van der Waals surface area contributed by atoms with Gasteiger partial charge in [0.25, 0.3) is 0 Å². The van der Waals surface area contributed by atoms with Gasteiger partial charge in [0, 0.05) is 11.8 Å². The van der Waals surface area contributed by atoms with E-state index >= 15 is 0 Å². The third-order valence-corrected chi connectivity index (χ3v) is 3.73. The number of carbonyl (C=O) groups is 1. The van der Waals surface area contributed by atoms with E-state index in [1.807, 2.05) is 6.92 Å². The van der Waals surface area contributed by atoms with Gasteiger partial charge in [0.2, 0.25) is 0 Å². The van der Waals surface area contributed by atoms with E-state index in [0.717, 1.165) is 31.3 Å². The Balaban J connectivity index is 2.61. The van der Waals surface area contributed by atoms with E-state index in [-0.39, 0.29) is 5.41 Å².